The Morgan fingerprint density at radius 3 is 1.35 bits per heavy atom. The Labute approximate surface area is 121 Å². The molecular weight excluding hydrogens is 240 g/mol. The van der Waals surface area contributed by atoms with Crippen molar-refractivity contribution in [2.45, 2.75) is 37.5 Å². The third kappa shape index (κ3) is 1.90. The van der Waals surface area contributed by atoms with Gasteiger partial charge in [-0.05, 0) is 47.6 Å². The SMILES string of the molecule is c1ccc([C@@H]2[C@H]3CCCC[C@H]3[C@@H]2c2ccccc2)cc1. The number of benzene rings is 2. The monoisotopic (exact) mass is 262 g/mol. The van der Waals surface area contributed by atoms with Crippen molar-refractivity contribution in [1.82, 2.24) is 0 Å². The van der Waals surface area contributed by atoms with Crippen LogP contribution in [0.25, 0.3) is 0 Å². The molecule has 4 atom stereocenters. The first-order valence-corrected chi connectivity index (χ1v) is 8.05. The zero-order valence-corrected chi connectivity index (χ0v) is 11.9. The molecule has 0 heterocycles. The molecule has 2 aromatic carbocycles. The number of fused-ring (bicyclic) bond motifs is 1. The highest BCUT2D eigenvalue weighted by atomic mass is 14.5. The summed E-state index contributed by atoms with van der Waals surface area (Å²) in [5, 5.41) is 0. The van der Waals surface area contributed by atoms with Crippen LogP contribution in [0.3, 0.4) is 0 Å². The normalized spacial score (nSPS) is 32.2. The van der Waals surface area contributed by atoms with Gasteiger partial charge in [0.15, 0.2) is 0 Å². The first kappa shape index (κ1) is 12.2. The topological polar surface area (TPSA) is 0 Å². The van der Waals surface area contributed by atoms with Gasteiger partial charge in [0, 0.05) is 0 Å². The summed E-state index contributed by atoms with van der Waals surface area (Å²) in [6.07, 6.45) is 5.75. The molecule has 0 amide bonds. The van der Waals surface area contributed by atoms with Crippen LogP contribution in [0.2, 0.25) is 0 Å². The quantitative estimate of drug-likeness (QED) is 0.682. The van der Waals surface area contributed by atoms with Gasteiger partial charge >= 0.3 is 0 Å². The van der Waals surface area contributed by atoms with Gasteiger partial charge < -0.3 is 0 Å². The molecule has 2 fully saturated rings. The minimum atomic E-state index is 0.754. The summed E-state index contributed by atoms with van der Waals surface area (Å²) in [7, 11) is 0. The largest absolute Gasteiger partial charge is 0.0622 e. The highest BCUT2D eigenvalue weighted by Gasteiger charge is 2.51. The summed E-state index contributed by atoms with van der Waals surface area (Å²) in [5.74, 6) is 3.36. The van der Waals surface area contributed by atoms with Crippen molar-refractivity contribution < 1.29 is 0 Å². The summed E-state index contributed by atoms with van der Waals surface area (Å²) < 4.78 is 0. The molecule has 0 spiro atoms. The average Bonchev–Trinajstić information content (AvgIpc) is 2.51. The zero-order chi connectivity index (χ0) is 13.4. The molecule has 2 aliphatic carbocycles. The number of hydrogen-bond acceptors (Lipinski definition) is 0. The molecule has 0 aromatic heterocycles. The Balaban J connectivity index is 1.71. The Hall–Kier alpha value is -1.56. The Bertz CT molecular complexity index is 504. The fourth-order valence-corrected chi connectivity index (χ4v) is 4.73. The highest BCUT2D eigenvalue weighted by Crippen LogP contribution is 2.62. The van der Waals surface area contributed by atoms with E-state index in [0.717, 1.165) is 23.7 Å². The van der Waals surface area contributed by atoms with Gasteiger partial charge in [0.1, 0.15) is 0 Å². The highest BCUT2D eigenvalue weighted by molar-refractivity contribution is 5.35. The van der Waals surface area contributed by atoms with E-state index < -0.39 is 0 Å². The lowest BCUT2D eigenvalue weighted by atomic mass is 9.49. The predicted octanol–water partition coefficient (Wildman–Crippen LogP) is 5.37. The lowest BCUT2D eigenvalue weighted by molar-refractivity contribution is 0.0444. The van der Waals surface area contributed by atoms with E-state index in [2.05, 4.69) is 60.7 Å². The van der Waals surface area contributed by atoms with Crippen LogP contribution in [0.1, 0.15) is 48.6 Å². The van der Waals surface area contributed by atoms with Crippen molar-refractivity contribution in [3.8, 4) is 0 Å². The average molecular weight is 262 g/mol. The summed E-state index contributed by atoms with van der Waals surface area (Å²) >= 11 is 0. The Morgan fingerprint density at radius 1 is 0.550 bits per heavy atom. The zero-order valence-electron chi connectivity index (χ0n) is 11.9. The molecule has 2 aromatic rings. The lowest BCUT2D eigenvalue weighted by Gasteiger charge is -2.55. The molecule has 0 radical (unpaired) electrons. The molecule has 20 heavy (non-hydrogen) atoms. The van der Waals surface area contributed by atoms with Crippen molar-refractivity contribution in [2.75, 3.05) is 0 Å². The molecule has 2 aliphatic rings. The lowest BCUT2D eigenvalue weighted by Crippen LogP contribution is -2.45. The fraction of sp³-hybridized carbons (Fsp3) is 0.400. The summed E-state index contributed by atoms with van der Waals surface area (Å²) in [4.78, 5) is 0. The van der Waals surface area contributed by atoms with Gasteiger partial charge in [0.05, 0.1) is 0 Å². The predicted molar refractivity (Wildman–Crippen MR) is 83.8 cm³/mol. The van der Waals surface area contributed by atoms with Gasteiger partial charge in [-0.15, -0.1) is 0 Å². The second-order valence-corrected chi connectivity index (χ2v) is 6.49. The Kier molecular flexibility index (Phi) is 3.10. The third-order valence-electron chi connectivity index (χ3n) is 5.55. The van der Waals surface area contributed by atoms with Gasteiger partial charge in [0.25, 0.3) is 0 Å². The van der Waals surface area contributed by atoms with Crippen molar-refractivity contribution in [2.24, 2.45) is 11.8 Å². The number of hydrogen-bond donors (Lipinski definition) is 0. The van der Waals surface area contributed by atoms with Crippen molar-refractivity contribution in [1.29, 1.82) is 0 Å². The standard InChI is InChI=1S/C20H22/c1-3-9-15(10-4-1)19-17-13-7-8-14-18(17)20(19)16-11-5-2-6-12-16/h1-6,9-12,17-20H,7-8,13-14H2/t17-,18+,19+,20-. The Morgan fingerprint density at radius 2 is 0.950 bits per heavy atom. The summed E-state index contributed by atoms with van der Waals surface area (Å²) in [6.45, 7) is 0. The molecule has 0 N–H and O–H groups in total. The fourth-order valence-electron chi connectivity index (χ4n) is 4.73. The van der Waals surface area contributed by atoms with Crippen LogP contribution in [0.5, 0.6) is 0 Å². The first-order chi connectivity index (χ1) is 9.95. The first-order valence-electron chi connectivity index (χ1n) is 8.05. The van der Waals surface area contributed by atoms with Crippen molar-refractivity contribution in [3.63, 3.8) is 0 Å². The molecule has 4 rings (SSSR count). The molecular formula is C20H22. The molecule has 0 nitrogen and oxygen atoms in total. The molecule has 0 heteroatoms. The third-order valence-corrected chi connectivity index (χ3v) is 5.55. The van der Waals surface area contributed by atoms with E-state index >= 15 is 0 Å². The smallest absolute Gasteiger partial charge is 0.00591 e. The van der Waals surface area contributed by atoms with Gasteiger partial charge in [-0.25, -0.2) is 0 Å². The van der Waals surface area contributed by atoms with Crippen molar-refractivity contribution in [3.05, 3.63) is 71.8 Å². The van der Waals surface area contributed by atoms with Gasteiger partial charge in [0.2, 0.25) is 0 Å². The van der Waals surface area contributed by atoms with Gasteiger partial charge in [-0.1, -0.05) is 73.5 Å². The molecule has 0 aliphatic heterocycles. The van der Waals surface area contributed by atoms with E-state index in [-0.39, 0.29) is 0 Å². The van der Waals surface area contributed by atoms with E-state index in [1.807, 2.05) is 0 Å². The molecule has 0 saturated heterocycles. The van der Waals surface area contributed by atoms with Crippen LogP contribution in [-0.4, -0.2) is 0 Å². The maximum absolute atomic E-state index is 2.34. The molecule has 2 saturated carbocycles. The van der Waals surface area contributed by atoms with Crippen LogP contribution in [-0.2, 0) is 0 Å². The van der Waals surface area contributed by atoms with Gasteiger partial charge in [-0.3, -0.25) is 0 Å². The molecule has 102 valence electrons. The van der Waals surface area contributed by atoms with Crippen LogP contribution in [0.15, 0.2) is 60.7 Å². The minimum Gasteiger partial charge on any atom is -0.0622 e. The van der Waals surface area contributed by atoms with E-state index in [4.69, 9.17) is 0 Å². The van der Waals surface area contributed by atoms with E-state index in [1.54, 1.807) is 11.1 Å². The number of rotatable bonds is 2. The maximum atomic E-state index is 2.34. The van der Waals surface area contributed by atoms with Crippen LogP contribution in [0.4, 0.5) is 0 Å². The molecule has 0 bridgehead atoms. The van der Waals surface area contributed by atoms with E-state index in [9.17, 15) is 0 Å². The van der Waals surface area contributed by atoms with E-state index in [1.165, 1.54) is 25.7 Å². The van der Waals surface area contributed by atoms with E-state index in [0.29, 0.717) is 0 Å². The summed E-state index contributed by atoms with van der Waals surface area (Å²) in [6, 6.07) is 22.4. The van der Waals surface area contributed by atoms with Crippen LogP contribution >= 0.6 is 0 Å². The van der Waals surface area contributed by atoms with Crippen molar-refractivity contribution >= 4 is 0 Å². The van der Waals surface area contributed by atoms with Crippen LogP contribution < -0.4 is 0 Å². The second-order valence-electron chi connectivity index (χ2n) is 6.49. The molecule has 0 unspecified atom stereocenters. The summed E-state index contributed by atoms with van der Waals surface area (Å²) in [5.41, 5.74) is 3.12. The van der Waals surface area contributed by atoms with Gasteiger partial charge in [-0.2, -0.15) is 0 Å². The minimum absolute atomic E-state index is 0.754. The maximum Gasteiger partial charge on any atom is -0.00591 e. The second kappa shape index (κ2) is 5.09. The van der Waals surface area contributed by atoms with Crippen LogP contribution in [0, 0.1) is 11.8 Å².